The predicted octanol–water partition coefficient (Wildman–Crippen LogP) is 2.62. The first-order valence-electron chi connectivity index (χ1n) is 4.43. The van der Waals surface area contributed by atoms with Gasteiger partial charge in [0.2, 0.25) is 0 Å². The maximum atomic E-state index is 3.97. The van der Waals surface area contributed by atoms with E-state index in [0.717, 1.165) is 24.2 Å². The van der Waals surface area contributed by atoms with E-state index >= 15 is 0 Å². The van der Waals surface area contributed by atoms with Crippen LogP contribution in [0, 0.1) is 0 Å². The number of benzene rings is 1. The smallest absolute Gasteiger partial charge is 0.0430 e. The molecule has 0 unspecified atom stereocenters. The van der Waals surface area contributed by atoms with Gasteiger partial charge in [-0.3, -0.25) is 0 Å². The fraction of sp³-hybridized carbons (Fsp3) is 0.167. The Balaban J connectivity index is 2.21. The second-order valence-corrected chi connectivity index (χ2v) is 3.40. The predicted molar refractivity (Wildman–Crippen MR) is 56.9 cm³/mol. The first-order chi connectivity index (χ1) is 6.27. The largest absolute Gasteiger partial charge is 0.363 e. The zero-order valence-corrected chi connectivity index (χ0v) is 7.66. The van der Waals surface area contributed by atoms with Gasteiger partial charge in [-0.2, -0.15) is 0 Å². The minimum Gasteiger partial charge on any atom is -0.363 e. The standard InChI is InChI=1S/C12H13N/c1-10-8-13(9-11(10)2)12-6-4-3-5-7-12/h3-7H,1-2,8-9H2. The van der Waals surface area contributed by atoms with E-state index in [4.69, 9.17) is 0 Å². The van der Waals surface area contributed by atoms with Gasteiger partial charge in [0.25, 0.3) is 0 Å². The molecule has 0 aromatic heterocycles. The van der Waals surface area contributed by atoms with Crippen molar-refractivity contribution in [3.05, 3.63) is 54.6 Å². The lowest BCUT2D eigenvalue weighted by atomic mass is 10.2. The number of hydrogen-bond donors (Lipinski definition) is 0. The van der Waals surface area contributed by atoms with Crippen molar-refractivity contribution in [2.75, 3.05) is 18.0 Å². The number of para-hydroxylation sites is 1. The monoisotopic (exact) mass is 171 g/mol. The maximum absolute atomic E-state index is 3.97. The van der Waals surface area contributed by atoms with Gasteiger partial charge in [0.15, 0.2) is 0 Å². The van der Waals surface area contributed by atoms with Crippen LogP contribution in [0.2, 0.25) is 0 Å². The molecule has 1 saturated heterocycles. The Morgan fingerprint density at radius 3 is 2.00 bits per heavy atom. The minimum atomic E-state index is 0.919. The van der Waals surface area contributed by atoms with Gasteiger partial charge in [-0.15, -0.1) is 0 Å². The zero-order valence-electron chi connectivity index (χ0n) is 7.66. The van der Waals surface area contributed by atoms with E-state index in [0.29, 0.717) is 0 Å². The van der Waals surface area contributed by atoms with Crippen molar-refractivity contribution in [3.8, 4) is 0 Å². The molecule has 0 amide bonds. The summed E-state index contributed by atoms with van der Waals surface area (Å²) in [5.41, 5.74) is 3.56. The number of rotatable bonds is 1. The summed E-state index contributed by atoms with van der Waals surface area (Å²) in [5, 5.41) is 0. The van der Waals surface area contributed by atoms with Crippen LogP contribution in [-0.4, -0.2) is 13.1 Å². The van der Waals surface area contributed by atoms with Gasteiger partial charge in [0, 0.05) is 18.8 Å². The lowest BCUT2D eigenvalue weighted by Gasteiger charge is -2.16. The van der Waals surface area contributed by atoms with Gasteiger partial charge in [-0.25, -0.2) is 0 Å². The molecule has 0 N–H and O–H groups in total. The molecular formula is C12H13N. The second-order valence-electron chi connectivity index (χ2n) is 3.40. The Bertz CT molecular complexity index is 321. The molecule has 1 heteroatoms. The fourth-order valence-electron chi connectivity index (χ4n) is 1.56. The molecule has 66 valence electrons. The van der Waals surface area contributed by atoms with Crippen molar-refractivity contribution in [1.82, 2.24) is 0 Å². The quantitative estimate of drug-likeness (QED) is 0.627. The lowest BCUT2D eigenvalue weighted by Crippen LogP contribution is -2.17. The van der Waals surface area contributed by atoms with Gasteiger partial charge < -0.3 is 4.90 Å². The van der Waals surface area contributed by atoms with Gasteiger partial charge >= 0.3 is 0 Å². The van der Waals surface area contributed by atoms with Crippen molar-refractivity contribution in [3.63, 3.8) is 0 Å². The summed E-state index contributed by atoms with van der Waals surface area (Å²) in [4.78, 5) is 2.28. The van der Waals surface area contributed by atoms with E-state index in [-0.39, 0.29) is 0 Å². The van der Waals surface area contributed by atoms with Crippen LogP contribution in [0.3, 0.4) is 0 Å². The van der Waals surface area contributed by atoms with Gasteiger partial charge in [0.05, 0.1) is 0 Å². The molecule has 0 spiro atoms. The summed E-state index contributed by atoms with van der Waals surface area (Å²) in [6, 6.07) is 10.4. The summed E-state index contributed by atoms with van der Waals surface area (Å²) in [5.74, 6) is 0. The molecule has 0 aliphatic carbocycles. The third-order valence-electron chi connectivity index (χ3n) is 2.38. The molecular weight excluding hydrogens is 158 g/mol. The van der Waals surface area contributed by atoms with Crippen molar-refractivity contribution in [2.45, 2.75) is 0 Å². The number of hydrogen-bond acceptors (Lipinski definition) is 1. The van der Waals surface area contributed by atoms with E-state index in [1.165, 1.54) is 5.69 Å². The average molecular weight is 171 g/mol. The normalized spacial score (nSPS) is 16.8. The highest BCUT2D eigenvalue weighted by Crippen LogP contribution is 2.24. The van der Waals surface area contributed by atoms with E-state index in [2.05, 4.69) is 42.3 Å². The molecule has 1 nitrogen and oxygen atoms in total. The van der Waals surface area contributed by atoms with Crippen LogP contribution in [0.25, 0.3) is 0 Å². The first-order valence-corrected chi connectivity index (χ1v) is 4.43. The number of nitrogens with zero attached hydrogens (tertiary/aromatic N) is 1. The van der Waals surface area contributed by atoms with Gasteiger partial charge in [-0.05, 0) is 23.3 Å². The molecule has 13 heavy (non-hydrogen) atoms. The molecule has 1 fully saturated rings. The first kappa shape index (κ1) is 8.11. The summed E-state index contributed by atoms with van der Waals surface area (Å²) < 4.78 is 0. The molecule has 0 atom stereocenters. The summed E-state index contributed by atoms with van der Waals surface area (Å²) >= 11 is 0. The highest BCUT2D eigenvalue weighted by atomic mass is 15.1. The molecule has 2 rings (SSSR count). The molecule has 1 heterocycles. The lowest BCUT2D eigenvalue weighted by molar-refractivity contribution is 1.01. The molecule has 0 radical (unpaired) electrons. The highest BCUT2D eigenvalue weighted by molar-refractivity contribution is 5.55. The molecule has 0 saturated carbocycles. The third kappa shape index (κ3) is 1.50. The van der Waals surface area contributed by atoms with E-state index in [1.807, 2.05) is 6.07 Å². The van der Waals surface area contributed by atoms with Crippen LogP contribution >= 0.6 is 0 Å². The minimum absolute atomic E-state index is 0.919. The molecule has 1 aromatic rings. The summed E-state index contributed by atoms with van der Waals surface area (Å²) in [6.07, 6.45) is 0. The second kappa shape index (κ2) is 3.09. The topological polar surface area (TPSA) is 3.24 Å². The van der Waals surface area contributed by atoms with Crippen LogP contribution in [0.4, 0.5) is 5.69 Å². The van der Waals surface area contributed by atoms with Crippen LogP contribution in [0.15, 0.2) is 54.6 Å². The van der Waals surface area contributed by atoms with E-state index < -0.39 is 0 Å². The molecule has 0 bridgehead atoms. The Hall–Kier alpha value is -1.50. The van der Waals surface area contributed by atoms with Crippen LogP contribution in [-0.2, 0) is 0 Å². The van der Waals surface area contributed by atoms with Gasteiger partial charge in [-0.1, -0.05) is 31.4 Å². The van der Waals surface area contributed by atoms with Gasteiger partial charge in [0.1, 0.15) is 0 Å². The van der Waals surface area contributed by atoms with Crippen LogP contribution < -0.4 is 4.90 Å². The molecule has 1 aliphatic rings. The average Bonchev–Trinajstić information content (AvgIpc) is 2.49. The highest BCUT2D eigenvalue weighted by Gasteiger charge is 2.17. The van der Waals surface area contributed by atoms with Crippen molar-refractivity contribution in [1.29, 1.82) is 0 Å². The Kier molecular flexibility index (Phi) is 1.93. The molecule has 1 aromatic carbocycles. The maximum Gasteiger partial charge on any atom is 0.0430 e. The molecule has 1 aliphatic heterocycles. The Morgan fingerprint density at radius 1 is 0.923 bits per heavy atom. The van der Waals surface area contributed by atoms with Crippen LogP contribution in [0.1, 0.15) is 0 Å². The Morgan fingerprint density at radius 2 is 1.46 bits per heavy atom. The van der Waals surface area contributed by atoms with Crippen LogP contribution in [0.5, 0.6) is 0 Å². The summed E-state index contributed by atoms with van der Waals surface area (Å²) in [6.45, 7) is 9.78. The zero-order chi connectivity index (χ0) is 9.26. The van der Waals surface area contributed by atoms with Crippen molar-refractivity contribution in [2.24, 2.45) is 0 Å². The van der Waals surface area contributed by atoms with E-state index in [9.17, 15) is 0 Å². The number of anilines is 1. The summed E-state index contributed by atoms with van der Waals surface area (Å²) in [7, 11) is 0. The van der Waals surface area contributed by atoms with E-state index in [1.54, 1.807) is 0 Å². The third-order valence-corrected chi connectivity index (χ3v) is 2.38. The SMILES string of the molecule is C=C1CN(c2ccccc2)CC1=C. The van der Waals surface area contributed by atoms with Crippen molar-refractivity contribution < 1.29 is 0 Å². The van der Waals surface area contributed by atoms with Crippen molar-refractivity contribution >= 4 is 5.69 Å². The Labute approximate surface area is 79.0 Å². The fourth-order valence-corrected chi connectivity index (χ4v) is 1.56.